The number of carbonyl (C=O) groups excluding carboxylic acids is 1. The fourth-order valence-electron chi connectivity index (χ4n) is 3.18. The van der Waals surface area contributed by atoms with Gasteiger partial charge >= 0.3 is 0 Å². The summed E-state index contributed by atoms with van der Waals surface area (Å²) < 4.78 is 0. The van der Waals surface area contributed by atoms with Gasteiger partial charge in [0.05, 0.1) is 0 Å². The van der Waals surface area contributed by atoms with E-state index in [1.54, 1.807) is 0 Å². The highest BCUT2D eigenvalue weighted by Gasteiger charge is 2.68. The van der Waals surface area contributed by atoms with Crippen molar-refractivity contribution in [1.29, 1.82) is 0 Å². The molecule has 0 unspecified atom stereocenters. The Morgan fingerprint density at radius 1 is 1.10 bits per heavy atom. The zero-order chi connectivity index (χ0) is 15.7. The smallest absolute Gasteiger partial charge is 0.228 e. The number of rotatable bonds is 6. The van der Waals surface area contributed by atoms with Crippen molar-refractivity contribution < 1.29 is 4.79 Å². The molecule has 0 bridgehead atoms. The van der Waals surface area contributed by atoms with Crippen LogP contribution in [0.15, 0.2) is 24.3 Å². The maximum Gasteiger partial charge on any atom is 0.228 e. The van der Waals surface area contributed by atoms with Crippen LogP contribution in [-0.2, 0) is 11.3 Å². The van der Waals surface area contributed by atoms with Crippen LogP contribution in [-0.4, -0.2) is 12.5 Å². The Bertz CT molecular complexity index is 488. The fourth-order valence-corrected chi connectivity index (χ4v) is 3.18. The summed E-state index contributed by atoms with van der Waals surface area (Å²) in [6.45, 7) is 12.7. The lowest BCUT2D eigenvalue weighted by atomic mass is 10.0. The zero-order valence-electron chi connectivity index (χ0n) is 13.9. The highest BCUT2D eigenvalue weighted by molar-refractivity contribution is 5.96. The molecule has 1 aliphatic rings. The third kappa shape index (κ3) is 3.13. The molecule has 0 aliphatic heterocycles. The summed E-state index contributed by atoms with van der Waals surface area (Å²) in [5.41, 5.74) is 2.30. The summed E-state index contributed by atoms with van der Waals surface area (Å²) in [6.07, 6.45) is 1.14. The van der Waals surface area contributed by atoms with Gasteiger partial charge in [0.15, 0.2) is 0 Å². The molecule has 2 N–H and O–H groups in total. The molecule has 0 saturated heterocycles. The Balaban J connectivity index is 1.91. The largest absolute Gasteiger partial charge is 0.326 e. The highest BCUT2D eigenvalue weighted by atomic mass is 16.2. The van der Waals surface area contributed by atoms with Crippen LogP contribution in [0.1, 0.15) is 46.6 Å². The van der Waals surface area contributed by atoms with Gasteiger partial charge in [-0.1, -0.05) is 46.8 Å². The van der Waals surface area contributed by atoms with Crippen molar-refractivity contribution in [3.8, 4) is 0 Å². The maximum absolute atomic E-state index is 12.4. The SMILES string of the molecule is CCCNCc1ccc(NC(=O)C2C(C)(C)C2(C)C)cc1. The number of amides is 1. The van der Waals surface area contributed by atoms with E-state index in [0.29, 0.717) is 0 Å². The molecular weight excluding hydrogens is 260 g/mol. The topological polar surface area (TPSA) is 41.1 Å². The van der Waals surface area contributed by atoms with E-state index in [-0.39, 0.29) is 22.7 Å². The summed E-state index contributed by atoms with van der Waals surface area (Å²) in [5, 5.41) is 6.42. The second-order valence-electron chi connectivity index (χ2n) is 7.24. The minimum atomic E-state index is 0.0844. The predicted octanol–water partition coefficient (Wildman–Crippen LogP) is 3.81. The Morgan fingerprint density at radius 3 is 2.14 bits per heavy atom. The summed E-state index contributed by atoms with van der Waals surface area (Å²) in [6, 6.07) is 8.12. The van der Waals surface area contributed by atoms with E-state index in [1.807, 2.05) is 12.1 Å². The summed E-state index contributed by atoms with van der Waals surface area (Å²) in [7, 11) is 0. The fraction of sp³-hybridized carbons (Fsp3) is 0.611. The van der Waals surface area contributed by atoms with E-state index in [9.17, 15) is 4.79 Å². The standard InChI is InChI=1S/C18H28N2O/c1-6-11-19-12-13-7-9-14(10-8-13)20-16(21)15-17(2,3)18(15,4)5/h7-10,15,19H,6,11-12H2,1-5H3,(H,20,21). The first kappa shape index (κ1) is 16.0. The van der Waals surface area contributed by atoms with Crippen LogP contribution in [0.3, 0.4) is 0 Å². The highest BCUT2D eigenvalue weighted by Crippen LogP contribution is 2.68. The lowest BCUT2D eigenvalue weighted by Gasteiger charge is -2.08. The van der Waals surface area contributed by atoms with E-state index in [0.717, 1.165) is 25.2 Å². The quantitative estimate of drug-likeness (QED) is 0.782. The van der Waals surface area contributed by atoms with Crippen LogP contribution in [0.25, 0.3) is 0 Å². The monoisotopic (exact) mass is 288 g/mol. The predicted molar refractivity (Wildman–Crippen MR) is 88.1 cm³/mol. The molecule has 1 aliphatic carbocycles. The third-order valence-corrected chi connectivity index (χ3v) is 5.26. The van der Waals surface area contributed by atoms with Crippen molar-refractivity contribution in [1.82, 2.24) is 5.32 Å². The molecule has 1 fully saturated rings. The first-order valence-corrected chi connectivity index (χ1v) is 7.91. The number of nitrogens with one attached hydrogen (secondary N) is 2. The van der Waals surface area contributed by atoms with Crippen LogP contribution < -0.4 is 10.6 Å². The molecule has 3 heteroatoms. The summed E-state index contributed by atoms with van der Waals surface area (Å²) >= 11 is 0. The van der Waals surface area contributed by atoms with E-state index < -0.39 is 0 Å². The third-order valence-electron chi connectivity index (χ3n) is 5.26. The van der Waals surface area contributed by atoms with Crippen LogP contribution in [0.4, 0.5) is 5.69 Å². The molecule has 1 aromatic carbocycles. The van der Waals surface area contributed by atoms with Crippen molar-refractivity contribution >= 4 is 11.6 Å². The number of anilines is 1. The molecule has 0 spiro atoms. The maximum atomic E-state index is 12.4. The normalized spacial score (nSPS) is 19.3. The van der Waals surface area contributed by atoms with Gasteiger partial charge in [-0.2, -0.15) is 0 Å². The van der Waals surface area contributed by atoms with Crippen molar-refractivity contribution in [2.24, 2.45) is 16.7 Å². The lowest BCUT2D eigenvalue weighted by Crippen LogP contribution is -2.18. The molecule has 1 saturated carbocycles. The summed E-state index contributed by atoms with van der Waals surface area (Å²) in [5.74, 6) is 0.234. The van der Waals surface area contributed by atoms with E-state index in [2.05, 4.69) is 57.4 Å². The first-order chi connectivity index (χ1) is 9.80. The molecule has 0 radical (unpaired) electrons. The number of hydrogen-bond acceptors (Lipinski definition) is 2. The summed E-state index contributed by atoms with van der Waals surface area (Å²) in [4.78, 5) is 12.4. The average molecular weight is 288 g/mol. The van der Waals surface area contributed by atoms with Gasteiger partial charge in [0.25, 0.3) is 0 Å². The van der Waals surface area contributed by atoms with Gasteiger partial charge in [-0.3, -0.25) is 4.79 Å². The van der Waals surface area contributed by atoms with Crippen LogP contribution >= 0.6 is 0 Å². The molecule has 3 nitrogen and oxygen atoms in total. The molecule has 2 rings (SSSR count). The van der Waals surface area contributed by atoms with Crippen molar-refractivity contribution in [2.75, 3.05) is 11.9 Å². The number of carbonyl (C=O) groups is 1. The van der Waals surface area contributed by atoms with Gasteiger partial charge < -0.3 is 10.6 Å². The molecule has 116 valence electrons. The van der Waals surface area contributed by atoms with Crippen molar-refractivity contribution in [3.63, 3.8) is 0 Å². The van der Waals surface area contributed by atoms with E-state index >= 15 is 0 Å². The molecule has 1 aromatic rings. The van der Waals surface area contributed by atoms with Crippen LogP contribution in [0.2, 0.25) is 0 Å². The van der Waals surface area contributed by atoms with Gasteiger partial charge in [-0.05, 0) is 41.5 Å². The van der Waals surface area contributed by atoms with Gasteiger partial charge in [0.2, 0.25) is 5.91 Å². The molecule has 21 heavy (non-hydrogen) atoms. The molecule has 0 aromatic heterocycles. The Kier molecular flexibility index (Phi) is 4.43. The lowest BCUT2D eigenvalue weighted by molar-refractivity contribution is -0.118. The van der Waals surface area contributed by atoms with Gasteiger partial charge in [0, 0.05) is 18.2 Å². The second kappa shape index (κ2) is 5.80. The molecule has 0 heterocycles. The van der Waals surface area contributed by atoms with E-state index in [4.69, 9.17) is 0 Å². The minimum Gasteiger partial charge on any atom is -0.326 e. The van der Waals surface area contributed by atoms with Crippen LogP contribution in [0.5, 0.6) is 0 Å². The molecule has 0 atom stereocenters. The second-order valence-corrected chi connectivity index (χ2v) is 7.24. The van der Waals surface area contributed by atoms with Gasteiger partial charge in [0.1, 0.15) is 0 Å². The Labute approximate surface area is 128 Å². The average Bonchev–Trinajstić information content (AvgIpc) is 2.82. The number of hydrogen-bond donors (Lipinski definition) is 2. The Hall–Kier alpha value is -1.35. The van der Waals surface area contributed by atoms with Crippen molar-refractivity contribution in [2.45, 2.75) is 47.6 Å². The Morgan fingerprint density at radius 2 is 1.67 bits per heavy atom. The molecule has 1 amide bonds. The zero-order valence-corrected chi connectivity index (χ0v) is 13.9. The van der Waals surface area contributed by atoms with Crippen LogP contribution in [0, 0.1) is 16.7 Å². The first-order valence-electron chi connectivity index (χ1n) is 7.91. The molecular formula is C18H28N2O. The minimum absolute atomic E-state index is 0.0844. The van der Waals surface area contributed by atoms with E-state index in [1.165, 1.54) is 5.56 Å². The van der Waals surface area contributed by atoms with Gasteiger partial charge in [-0.25, -0.2) is 0 Å². The van der Waals surface area contributed by atoms with Crippen molar-refractivity contribution in [3.05, 3.63) is 29.8 Å². The number of benzene rings is 1. The van der Waals surface area contributed by atoms with Gasteiger partial charge in [-0.15, -0.1) is 0 Å².